The largest absolute Gasteiger partial charge is 0.466 e. The van der Waals surface area contributed by atoms with Crippen LogP contribution in [0.4, 0.5) is 0 Å². The summed E-state index contributed by atoms with van der Waals surface area (Å²) in [5.41, 5.74) is 0. The molecule has 0 bridgehead atoms. The Balaban J connectivity index is 3.36. The number of hydrogen-bond donors (Lipinski definition) is 3. The molecule has 1 amide bonds. The van der Waals surface area contributed by atoms with Crippen LogP contribution in [0.3, 0.4) is 0 Å². The third-order valence-electron chi connectivity index (χ3n) is 17.6. The SMILES string of the molecule is CCCCCCCCCCCCCCCCCCCCCCCC(O)C(CO)NC(=O)CCCCCCCCCCCCCCCCC/C=C\CCCCCCCCCCCCCCOC(=O)CCCCCCCCCCCCC. The average Bonchev–Trinajstić information content (AvgIpc) is 3.46. The summed E-state index contributed by atoms with van der Waals surface area (Å²) in [6, 6.07) is -0.540. The molecule has 0 aromatic rings. The van der Waals surface area contributed by atoms with E-state index in [-0.39, 0.29) is 18.5 Å². The van der Waals surface area contributed by atoms with Gasteiger partial charge >= 0.3 is 5.97 Å². The van der Waals surface area contributed by atoms with Gasteiger partial charge in [0, 0.05) is 12.8 Å². The van der Waals surface area contributed by atoms with Crippen molar-refractivity contribution in [1.82, 2.24) is 5.32 Å². The minimum Gasteiger partial charge on any atom is -0.466 e. The second kappa shape index (κ2) is 70.1. The molecule has 0 saturated carbocycles. The summed E-state index contributed by atoms with van der Waals surface area (Å²) in [5.74, 6) is -0.00925. The maximum atomic E-state index is 12.6. The molecule has 2 unspecified atom stereocenters. The Morgan fingerprint density at radius 1 is 0.338 bits per heavy atom. The predicted molar refractivity (Wildman–Crippen MR) is 352 cm³/mol. The summed E-state index contributed by atoms with van der Waals surface area (Å²) < 4.78 is 5.48. The number of aliphatic hydroxyl groups excluding tert-OH is 2. The van der Waals surface area contributed by atoms with E-state index < -0.39 is 12.1 Å². The Morgan fingerprint density at radius 2 is 0.588 bits per heavy atom. The van der Waals surface area contributed by atoms with Crippen LogP contribution in [0.5, 0.6) is 0 Å². The van der Waals surface area contributed by atoms with Gasteiger partial charge in [-0.3, -0.25) is 9.59 Å². The molecule has 0 spiro atoms. The molecule has 2 atom stereocenters. The van der Waals surface area contributed by atoms with E-state index in [1.165, 1.54) is 353 Å². The zero-order valence-electron chi connectivity index (χ0n) is 54.6. The first-order chi connectivity index (χ1) is 39.5. The molecule has 0 heterocycles. The number of esters is 1. The van der Waals surface area contributed by atoms with Gasteiger partial charge < -0.3 is 20.3 Å². The van der Waals surface area contributed by atoms with Gasteiger partial charge in [-0.25, -0.2) is 0 Å². The Kier molecular flexibility index (Phi) is 68.9. The molecule has 0 rings (SSSR count). The van der Waals surface area contributed by atoms with Crippen LogP contribution >= 0.6 is 0 Å². The fourth-order valence-electron chi connectivity index (χ4n) is 11.9. The molecule has 0 aliphatic heterocycles. The quantitative estimate of drug-likeness (QED) is 0.0320. The molecular weight excluding hydrogens is 983 g/mol. The first-order valence-corrected chi connectivity index (χ1v) is 36.9. The third kappa shape index (κ3) is 65.7. The number of ether oxygens (including phenoxy) is 1. The maximum Gasteiger partial charge on any atom is 0.305 e. The first kappa shape index (κ1) is 78.6. The molecule has 0 aromatic heterocycles. The van der Waals surface area contributed by atoms with Gasteiger partial charge in [0.2, 0.25) is 5.91 Å². The lowest BCUT2D eigenvalue weighted by molar-refractivity contribution is -0.143. The smallest absolute Gasteiger partial charge is 0.305 e. The maximum absolute atomic E-state index is 12.6. The molecular formula is C74H145NO5. The van der Waals surface area contributed by atoms with Gasteiger partial charge in [0.05, 0.1) is 25.4 Å². The van der Waals surface area contributed by atoms with Crippen LogP contribution in [0.15, 0.2) is 12.2 Å². The molecule has 0 saturated heterocycles. The van der Waals surface area contributed by atoms with Gasteiger partial charge in [0.25, 0.3) is 0 Å². The second-order valence-electron chi connectivity index (χ2n) is 25.6. The van der Waals surface area contributed by atoms with Crippen molar-refractivity contribution in [2.24, 2.45) is 0 Å². The highest BCUT2D eigenvalue weighted by Crippen LogP contribution is 2.19. The van der Waals surface area contributed by atoms with Gasteiger partial charge in [-0.2, -0.15) is 0 Å². The predicted octanol–water partition coefficient (Wildman–Crippen LogP) is 23.9. The van der Waals surface area contributed by atoms with Gasteiger partial charge in [-0.15, -0.1) is 0 Å². The molecule has 0 aromatic carbocycles. The van der Waals surface area contributed by atoms with Gasteiger partial charge in [0.15, 0.2) is 0 Å². The van der Waals surface area contributed by atoms with Crippen molar-refractivity contribution in [3.05, 3.63) is 12.2 Å². The van der Waals surface area contributed by atoms with Crippen molar-refractivity contribution in [2.75, 3.05) is 13.2 Å². The summed E-state index contributed by atoms with van der Waals surface area (Å²) in [6.45, 7) is 5.00. The van der Waals surface area contributed by atoms with Crippen LogP contribution in [-0.4, -0.2) is 47.4 Å². The van der Waals surface area contributed by atoms with E-state index in [1.807, 2.05) is 0 Å². The van der Waals surface area contributed by atoms with Crippen molar-refractivity contribution in [1.29, 1.82) is 0 Å². The number of allylic oxidation sites excluding steroid dienone is 2. The monoisotopic (exact) mass is 1130 g/mol. The summed E-state index contributed by atoms with van der Waals surface area (Å²) in [4.78, 5) is 24.6. The molecule has 6 nitrogen and oxygen atoms in total. The van der Waals surface area contributed by atoms with Crippen molar-refractivity contribution in [2.45, 2.75) is 437 Å². The molecule has 3 N–H and O–H groups in total. The van der Waals surface area contributed by atoms with Crippen molar-refractivity contribution >= 4 is 11.9 Å². The Morgan fingerprint density at radius 3 is 0.887 bits per heavy atom. The molecule has 476 valence electrons. The fourth-order valence-corrected chi connectivity index (χ4v) is 11.9. The van der Waals surface area contributed by atoms with E-state index in [1.54, 1.807) is 0 Å². The lowest BCUT2D eigenvalue weighted by atomic mass is 10.0. The van der Waals surface area contributed by atoms with E-state index in [0.29, 0.717) is 25.9 Å². The highest BCUT2D eigenvalue weighted by molar-refractivity contribution is 5.76. The van der Waals surface area contributed by atoms with E-state index in [0.717, 1.165) is 38.5 Å². The van der Waals surface area contributed by atoms with E-state index in [2.05, 4.69) is 31.3 Å². The van der Waals surface area contributed by atoms with E-state index in [9.17, 15) is 19.8 Å². The molecule has 0 radical (unpaired) electrons. The summed E-state index contributed by atoms with van der Waals surface area (Å²) in [5, 5.41) is 23.4. The van der Waals surface area contributed by atoms with Crippen molar-refractivity contribution in [3.63, 3.8) is 0 Å². The lowest BCUT2D eigenvalue weighted by Gasteiger charge is -2.22. The zero-order valence-corrected chi connectivity index (χ0v) is 54.6. The third-order valence-corrected chi connectivity index (χ3v) is 17.6. The molecule has 6 heteroatoms. The highest BCUT2D eigenvalue weighted by atomic mass is 16.5. The van der Waals surface area contributed by atoms with Gasteiger partial charge in [-0.1, -0.05) is 373 Å². The minimum atomic E-state index is -0.663. The van der Waals surface area contributed by atoms with Gasteiger partial charge in [-0.05, 0) is 51.4 Å². The number of amides is 1. The number of rotatable bonds is 70. The van der Waals surface area contributed by atoms with Crippen molar-refractivity contribution < 1.29 is 24.5 Å². The van der Waals surface area contributed by atoms with Crippen LogP contribution in [0.1, 0.15) is 425 Å². The highest BCUT2D eigenvalue weighted by Gasteiger charge is 2.20. The molecule has 80 heavy (non-hydrogen) atoms. The van der Waals surface area contributed by atoms with Crippen LogP contribution in [0.2, 0.25) is 0 Å². The molecule has 0 aliphatic rings. The summed E-state index contributed by atoms with van der Waals surface area (Å²) in [6.07, 6.45) is 87.1. The number of hydrogen-bond acceptors (Lipinski definition) is 5. The Hall–Kier alpha value is -1.40. The van der Waals surface area contributed by atoms with Crippen LogP contribution in [0, 0.1) is 0 Å². The average molecular weight is 1130 g/mol. The normalized spacial score (nSPS) is 12.5. The van der Waals surface area contributed by atoms with Crippen molar-refractivity contribution in [3.8, 4) is 0 Å². The Labute approximate surface area is 501 Å². The molecule has 0 fully saturated rings. The first-order valence-electron chi connectivity index (χ1n) is 36.9. The lowest BCUT2D eigenvalue weighted by Crippen LogP contribution is -2.45. The number of carbonyl (C=O) groups is 2. The standard InChI is InChI=1S/C74H145NO5/c1-3-5-7-9-11-13-15-16-17-18-19-31-34-37-40-43-47-50-54-58-62-66-72(77)71(70-76)75-73(78)67-63-59-55-51-48-44-41-38-35-32-29-27-25-23-21-20-22-24-26-28-30-33-36-39-42-45-49-53-57-61-65-69-80-74(79)68-64-60-56-52-46-14-12-10-8-6-4-2/h22,24,71-72,76-77H,3-21,23,25-70H2,1-2H3,(H,75,78)/b24-22-. The number of nitrogens with one attached hydrogen (secondary N) is 1. The second-order valence-corrected chi connectivity index (χ2v) is 25.6. The number of unbranched alkanes of at least 4 members (excludes halogenated alkanes) is 57. The topological polar surface area (TPSA) is 95.9 Å². The Bertz CT molecular complexity index is 1210. The van der Waals surface area contributed by atoms with E-state index in [4.69, 9.17) is 4.74 Å². The van der Waals surface area contributed by atoms with Gasteiger partial charge in [0.1, 0.15) is 0 Å². The number of aliphatic hydroxyl groups is 2. The number of carbonyl (C=O) groups excluding carboxylic acids is 2. The van der Waals surface area contributed by atoms with Crippen LogP contribution in [-0.2, 0) is 14.3 Å². The fraction of sp³-hybridized carbons (Fsp3) is 0.946. The summed E-state index contributed by atoms with van der Waals surface area (Å²) in [7, 11) is 0. The van der Waals surface area contributed by atoms with E-state index >= 15 is 0 Å². The molecule has 0 aliphatic carbocycles. The zero-order chi connectivity index (χ0) is 57.8. The van der Waals surface area contributed by atoms with Crippen LogP contribution in [0.25, 0.3) is 0 Å². The summed E-state index contributed by atoms with van der Waals surface area (Å²) >= 11 is 0. The van der Waals surface area contributed by atoms with Crippen LogP contribution < -0.4 is 5.32 Å². The minimum absolute atomic E-state index is 0.0184.